The van der Waals surface area contributed by atoms with E-state index in [1.54, 1.807) is 39.8 Å². The van der Waals surface area contributed by atoms with Crippen molar-refractivity contribution in [3.05, 3.63) is 62.3 Å². The zero-order chi connectivity index (χ0) is 22.6. The molecule has 0 aromatic heterocycles. The molecule has 0 aliphatic heterocycles. The summed E-state index contributed by atoms with van der Waals surface area (Å²) < 4.78 is 26.5. The molecule has 1 atom stereocenters. The minimum atomic E-state index is -0.780. The highest BCUT2D eigenvalue weighted by atomic mass is 79.9. The van der Waals surface area contributed by atoms with Gasteiger partial charge in [-0.2, -0.15) is 0 Å². The van der Waals surface area contributed by atoms with Crippen LogP contribution in [-0.4, -0.2) is 24.6 Å². The molecule has 1 N–H and O–H groups in total. The molecule has 0 spiro atoms. The quantitative estimate of drug-likeness (QED) is 0.463. The summed E-state index contributed by atoms with van der Waals surface area (Å²) in [5, 5.41) is 2.63. The highest BCUT2D eigenvalue weighted by Gasteiger charge is 2.26. The number of hydrogen-bond acceptors (Lipinski definition) is 4. The minimum absolute atomic E-state index is 0.0183. The van der Waals surface area contributed by atoms with E-state index in [0.717, 1.165) is 0 Å². The zero-order valence-corrected chi connectivity index (χ0v) is 19.8. The molecule has 8 heteroatoms. The first-order valence-electron chi connectivity index (χ1n) is 9.34. The number of nitrogens with one attached hydrogen (secondary N) is 1. The van der Waals surface area contributed by atoms with Crippen molar-refractivity contribution in [3.8, 4) is 5.75 Å². The molecular weight excluding hydrogens is 477 g/mol. The van der Waals surface area contributed by atoms with Gasteiger partial charge in [-0.25, -0.2) is 9.18 Å². The van der Waals surface area contributed by atoms with E-state index in [0.29, 0.717) is 16.6 Å². The number of ketones is 1. The number of amides is 1. The number of alkyl carbamates (subject to hydrolysis) is 1. The number of carbonyl (C=O) groups excluding carboxylic acids is 2. The second-order valence-corrected chi connectivity index (χ2v) is 8.87. The van der Waals surface area contributed by atoms with Crippen molar-refractivity contribution < 1.29 is 23.5 Å². The molecule has 162 valence electrons. The van der Waals surface area contributed by atoms with Crippen LogP contribution in [0.25, 0.3) is 0 Å². The monoisotopic (exact) mass is 499 g/mol. The van der Waals surface area contributed by atoms with E-state index in [1.807, 2.05) is 0 Å². The standard InChI is InChI=1S/C22H24BrClFNO4/c1-6-16(26-21(28)30-22(2,3)4)13-8-10-15(24)18(19(13)25)20(27)12-7-9-14(23)17(11-12)29-5/h7-11,16H,6H2,1-5H3,(H,26,28). The van der Waals surface area contributed by atoms with E-state index < -0.39 is 29.3 Å². The number of carbonyl (C=O) groups is 2. The van der Waals surface area contributed by atoms with E-state index in [2.05, 4.69) is 21.2 Å². The molecule has 2 rings (SSSR count). The summed E-state index contributed by atoms with van der Waals surface area (Å²) in [6, 6.07) is 6.91. The number of ether oxygens (including phenoxy) is 2. The van der Waals surface area contributed by atoms with Crippen LogP contribution in [0.15, 0.2) is 34.8 Å². The van der Waals surface area contributed by atoms with Gasteiger partial charge in [0.15, 0.2) is 5.78 Å². The molecule has 0 radical (unpaired) electrons. The Labute approximate surface area is 189 Å². The average molecular weight is 501 g/mol. The summed E-state index contributed by atoms with van der Waals surface area (Å²) in [6.07, 6.45) is -0.286. The van der Waals surface area contributed by atoms with Crippen LogP contribution in [0.4, 0.5) is 9.18 Å². The smallest absolute Gasteiger partial charge is 0.408 e. The fourth-order valence-corrected chi connectivity index (χ4v) is 3.48. The molecule has 0 bridgehead atoms. The molecule has 1 amide bonds. The summed E-state index contributed by atoms with van der Waals surface area (Å²) in [5.74, 6) is -0.930. The van der Waals surface area contributed by atoms with Crippen LogP contribution >= 0.6 is 27.5 Å². The van der Waals surface area contributed by atoms with Crippen LogP contribution in [0.5, 0.6) is 5.75 Å². The number of benzene rings is 2. The van der Waals surface area contributed by atoms with Gasteiger partial charge in [0.2, 0.25) is 0 Å². The summed E-state index contributed by atoms with van der Waals surface area (Å²) in [5.41, 5.74) is -0.577. The average Bonchev–Trinajstić information content (AvgIpc) is 2.65. The third-order valence-corrected chi connectivity index (χ3v) is 5.21. The lowest BCUT2D eigenvalue weighted by Gasteiger charge is -2.24. The Kier molecular flexibility index (Phi) is 7.88. The molecular formula is C22H24BrClFNO4. The summed E-state index contributed by atoms with van der Waals surface area (Å²) in [7, 11) is 1.47. The Morgan fingerprint density at radius 2 is 1.90 bits per heavy atom. The molecule has 2 aromatic carbocycles. The first kappa shape index (κ1) is 24.2. The molecule has 0 saturated carbocycles. The summed E-state index contributed by atoms with van der Waals surface area (Å²) in [4.78, 5) is 25.2. The third-order valence-electron chi connectivity index (χ3n) is 4.24. The molecule has 0 heterocycles. The number of rotatable bonds is 6. The van der Waals surface area contributed by atoms with Gasteiger partial charge in [0, 0.05) is 11.1 Å². The highest BCUT2D eigenvalue weighted by Crippen LogP contribution is 2.32. The first-order chi connectivity index (χ1) is 14.0. The normalized spacial score (nSPS) is 12.3. The van der Waals surface area contributed by atoms with E-state index >= 15 is 4.39 Å². The maximum absolute atomic E-state index is 15.4. The van der Waals surface area contributed by atoms with Crippen molar-refractivity contribution in [2.24, 2.45) is 0 Å². The number of hydrogen-bond donors (Lipinski definition) is 1. The van der Waals surface area contributed by atoms with Gasteiger partial charge in [-0.3, -0.25) is 4.79 Å². The van der Waals surface area contributed by atoms with Gasteiger partial charge in [-0.1, -0.05) is 24.6 Å². The highest BCUT2D eigenvalue weighted by molar-refractivity contribution is 9.10. The van der Waals surface area contributed by atoms with Gasteiger partial charge in [0.1, 0.15) is 17.2 Å². The topological polar surface area (TPSA) is 64.6 Å². The van der Waals surface area contributed by atoms with Crippen LogP contribution in [0.2, 0.25) is 5.02 Å². The fraction of sp³-hybridized carbons (Fsp3) is 0.364. The van der Waals surface area contributed by atoms with Crippen LogP contribution in [-0.2, 0) is 4.74 Å². The second-order valence-electron chi connectivity index (χ2n) is 7.61. The van der Waals surface area contributed by atoms with Gasteiger partial charge in [-0.15, -0.1) is 0 Å². The van der Waals surface area contributed by atoms with Gasteiger partial charge in [0.05, 0.1) is 28.2 Å². The van der Waals surface area contributed by atoms with Crippen molar-refractivity contribution in [3.63, 3.8) is 0 Å². The van der Waals surface area contributed by atoms with Crippen molar-refractivity contribution in [1.82, 2.24) is 5.32 Å². The van der Waals surface area contributed by atoms with Gasteiger partial charge < -0.3 is 14.8 Å². The Morgan fingerprint density at radius 3 is 2.47 bits per heavy atom. The Balaban J connectivity index is 2.43. The van der Waals surface area contributed by atoms with E-state index in [4.69, 9.17) is 21.1 Å². The lowest BCUT2D eigenvalue weighted by molar-refractivity contribution is 0.0501. The van der Waals surface area contributed by atoms with Crippen molar-refractivity contribution in [2.75, 3.05) is 7.11 Å². The van der Waals surface area contributed by atoms with Crippen LogP contribution in [0, 0.1) is 5.82 Å². The minimum Gasteiger partial charge on any atom is -0.496 e. The Morgan fingerprint density at radius 1 is 1.23 bits per heavy atom. The zero-order valence-electron chi connectivity index (χ0n) is 17.4. The molecule has 1 unspecified atom stereocenters. The first-order valence-corrected chi connectivity index (χ1v) is 10.5. The van der Waals surface area contributed by atoms with Crippen LogP contribution < -0.4 is 10.1 Å². The predicted molar refractivity (Wildman–Crippen MR) is 118 cm³/mol. The number of halogens is 3. The predicted octanol–water partition coefficient (Wildman–Crippen LogP) is 6.46. The van der Waals surface area contributed by atoms with Gasteiger partial charge in [-0.05, 0) is 67.4 Å². The van der Waals surface area contributed by atoms with E-state index in [1.165, 1.54) is 25.3 Å². The van der Waals surface area contributed by atoms with Crippen molar-refractivity contribution in [1.29, 1.82) is 0 Å². The Hall–Kier alpha value is -2.12. The number of methoxy groups -OCH3 is 1. The molecule has 0 saturated heterocycles. The molecule has 5 nitrogen and oxygen atoms in total. The molecule has 0 aliphatic rings. The SMILES string of the molecule is CCC(NC(=O)OC(C)(C)C)c1ccc(Cl)c(C(=O)c2ccc(Br)c(OC)c2)c1F. The third kappa shape index (κ3) is 5.73. The molecule has 0 aliphatic carbocycles. The Bertz CT molecular complexity index is 959. The van der Waals surface area contributed by atoms with Crippen molar-refractivity contribution in [2.45, 2.75) is 45.8 Å². The summed E-state index contributed by atoms with van der Waals surface area (Å²) >= 11 is 9.50. The van der Waals surface area contributed by atoms with Crippen LogP contribution in [0.3, 0.4) is 0 Å². The molecule has 0 fully saturated rings. The lowest BCUT2D eigenvalue weighted by Crippen LogP contribution is -2.35. The van der Waals surface area contributed by atoms with Crippen LogP contribution in [0.1, 0.15) is 61.6 Å². The summed E-state index contributed by atoms with van der Waals surface area (Å²) in [6.45, 7) is 7.00. The van der Waals surface area contributed by atoms with E-state index in [9.17, 15) is 9.59 Å². The van der Waals surface area contributed by atoms with Gasteiger partial charge in [0.25, 0.3) is 0 Å². The maximum Gasteiger partial charge on any atom is 0.408 e. The maximum atomic E-state index is 15.4. The largest absolute Gasteiger partial charge is 0.496 e. The molecule has 30 heavy (non-hydrogen) atoms. The van der Waals surface area contributed by atoms with E-state index in [-0.39, 0.29) is 21.7 Å². The van der Waals surface area contributed by atoms with Crippen molar-refractivity contribution >= 4 is 39.4 Å². The lowest BCUT2D eigenvalue weighted by atomic mass is 9.96. The fourth-order valence-electron chi connectivity index (χ4n) is 2.84. The van der Waals surface area contributed by atoms with Gasteiger partial charge >= 0.3 is 6.09 Å². The molecule has 2 aromatic rings. The second kappa shape index (κ2) is 9.79.